The van der Waals surface area contributed by atoms with E-state index in [1.165, 1.54) is 12.0 Å². The first-order chi connectivity index (χ1) is 14.9. The van der Waals surface area contributed by atoms with Crippen LogP contribution in [-0.2, 0) is 14.3 Å². The monoisotopic (exact) mass is 448 g/mol. The number of amides is 3. The van der Waals surface area contributed by atoms with Crippen molar-refractivity contribution in [3.05, 3.63) is 29.3 Å². The van der Waals surface area contributed by atoms with E-state index in [0.717, 1.165) is 31.9 Å². The molecule has 2 saturated heterocycles. The number of rotatable bonds is 5. The van der Waals surface area contributed by atoms with Crippen LogP contribution in [-0.4, -0.2) is 104 Å². The van der Waals surface area contributed by atoms with Crippen molar-refractivity contribution in [2.45, 2.75) is 12.2 Å². The Labute approximate surface area is 185 Å². The van der Waals surface area contributed by atoms with Gasteiger partial charge in [0.25, 0.3) is 5.91 Å². The lowest BCUT2D eigenvalue weighted by atomic mass is 10.1. The molecule has 4 rings (SSSR count). The molecular weight excluding hydrogens is 424 g/mol. The summed E-state index contributed by atoms with van der Waals surface area (Å²) < 4.78 is 4.81. The van der Waals surface area contributed by atoms with Crippen LogP contribution < -0.4 is 10.2 Å². The molecule has 0 aliphatic carbocycles. The molecule has 10 nitrogen and oxygen atoms in total. The first kappa shape index (κ1) is 21.4. The Morgan fingerprint density at radius 3 is 2.68 bits per heavy atom. The third-order valence-corrected chi connectivity index (χ3v) is 6.12. The van der Waals surface area contributed by atoms with E-state index >= 15 is 0 Å². The third kappa shape index (κ3) is 4.31. The van der Waals surface area contributed by atoms with Crippen molar-refractivity contribution in [1.82, 2.24) is 20.0 Å². The number of aliphatic imine (C=N–C) groups is 1. The number of carbonyl (C=O) groups is 3. The highest BCUT2D eigenvalue weighted by Gasteiger charge is 2.49. The molecule has 2 atom stereocenters. The average molecular weight is 449 g/mol. The van der Waals surface area contributed by atoms with Gasteiger partial charge >= 0.3 is 12.0 Å². The zero-order chi connectivity index (χ0) is 22.1. The predicted molar refractivity (Wildman–Crippen MR) is 115 cm³/mol. The topological polar surface area (TPSA) is 97.8 Å². The van der Waals surface area contributed by atoms with Crippen molar-refractivity contribution in [2.75, 3.05) is 58.3 Å². The fourth-order valence-corrected chi connectivity index (χ4v) is 4.33. The van der Waals surface area contributed by atoms with Gasteiger partial charge in [-0.1, -0.05) is 17.7 Å². The van der Waals surface area contributed by atoms with Crippen molar-refractivity contribution in [3.8, 4) is 0 Å². The molecule has 3 heterocycles. The molecule has 2 fully saturated rings. The summed E-state index contributed by atoms with van der Waals surface area (Å²) in [5, 5.41) is 3.03. The zero-order valence-electron chi connectivity index (χ0n) is 17.5. The summed E-state index contributed by atoms with van der Waals surface area (Å²) in [5.41, 5.74) is 1.08. The number of hydrogen-bond acceptors (Lipinski definition) is 8. The van der Waals surface area contributed by atoms with Gasteiger partial charge in [-0.3, -0.25) is 19.8 Å². The molecule has 3 aliphatic heterocycles. The summed E-state index contributed by atoms with van der Waals surface area (Å²) >= 11 is 6.11. The van der Waals surface area contributed by atoms with Gasteiger partial charge in [-0.2, -0.15) is 0 Å². The Morgan fingerprint density at radius 1 is 1.26 bits per heavy atom. The Morgan fingerprint density at radius 2 is 2.00 bits per heavy atom. The Bertz CT molecular complexity index is 917. The van der Waals surface area contributed by atoms with Gasteiger partial charge in [0.15, 0.2) is 12.2 Å². The number of ether oxygens (including phenoxy) is 1. The van der Waals surface area contributed by atoms with E-state index in [1.807, 2.05) is 24.3 Å². The molecule has 1 aromatic carbocycles. The molecule has 166 valence electrons. The van der Waals surface area contributed by atoms with Gasteiger partial charge in [0, 0.05) is 43.9 Å². The second kappa shape index (κ2) is 8.72. The summed E-state index contributed by atoms with van der Waals surface area (Å²) in [6.07, 6.45) is -0.659. The molecule has 31 heavy (non-hydrogen) atoms. The predicted octanol–water partition coefficient (Wildman–Crippen LogP) is 0.225. The lowest BCUT2D eigenvalue weighted by molar-refractivity contribution is -0.142. The van der Waals surface area contributed by atoms with E-state index in [1.54, 1.807) is 11.9 Å². The molecule has 0 bridgehead atoms. The molecule has 3 amide bonds. The average Bonchev–Trinajstić information content (AvgIpc) is 3.11. The number of benzene rings is 1. The fraction of sp³-hybridized carbons (Fsp3) is 0.500. The van der Waals surface area contributed by atoms with Crippen molar-refractivity contribution < 1.29 is 19.1 Å². The number of fused-ring (bicyclic) bond motifs is 1. The Balaban J connectivity index is 1.46. The number of halogens is 1. The van der Waals surface area contributed by atoms with Crippen LogP contribution in [0.25, 0.3) is 0 Å². The smallest absolute Gasteiger partial charge is 0.325 e. The summed E-state index contributed by atoms with van der Waals surface area (Å²) in [4.78, 5) is 48.7. The SMILES string of the molecule is COC(=O)CN1C(CN2CCN(c3cccc(Cl)c3)CC2)=NC2C1C(=O)NC(=O)N2C. The van der Waals surface area contributed by atoms with Crippen LogP contribution in [0, 0.1) is 0 Å². The highest BCUT2D eigenvalue weighted by atomic mass is 35.5. The molecule has 1 aromatic rings. The number of anilines is 1. The van der Waals surface area contributed by atoms with Gasteiger partial charge in [0.1, 0.15) is 12.4 Å². The third-order valence-electron chi connectivity index (χ3n) is 5.88. The largest absolute Gasteiger partial charge is 0.468 e. The number of amidine groups is 1. The maximum absolute atomic E-state index is 12.5. The summed E-state index contributed by atoms with van der Waals surface area (Å²) in [6.45, 7) is 3.58. The number of likely N-dealkylation sites (N-methyl/N-ethyl adjacent to an activating group) is 1. The first-order valence-electron chi connectivity index (χ1n) is 10.1. The maximum Gasteiger partial charge on any atom is 0.325 e. The van der Waals surface area contributed by atoms with E-state index in [0.29, 0.717) is 17.4 Å². The number of urea groups is 1. The lowest BCUT2D eigenvalue weighted by Gasteiger charge is -2.38. The highest BCUT2D eigenvalue weighted by Crippen LogP contribution is 2.25. The number of nitrogens with zero attached hydrogens (tertiary/aromatic N) is 5. The van der Waals surface area contributed by atoms with Crippen LogP contribution in [0.15, 0.2) is 29.3 Å². The Kier molecular flexibility index (Phi) is 6.01. The van der Waals surface area contributed by atoms with Crippen LogP contribution in [0.1, 0.15) is 0 Å². The number of esters is 1. The summed E-state index contributed by atoms with van der Waals surface area (Å²) in [6, 6.07) is 6.54. The molecule has 11 heteroatoms. The van der Waals surface area contributed by atoms with Crippen molar-refractivity contribution in [2.24, 2.45) is 4.99 Å². The summed E-state index contributed by atoms with van der Waals surface area (Å²) in [7, 11) is 2.89. The van der Waals surface area contributed by atoms with Crippen molar-refractivity contribution in [3.63, 3.8) is 0 Å². The second-order valence-corrected chi connectivity index (χ2v) is 8.19. The van der Waals surface area contributed by atoms with E-state index in [2.05, 4.69) is 20.1 Å². The minimum absolute atomic E-state index is 0.103. The molecule has 0 saturated carbocycles. The number of piperazine rings is 1. The molecular formula is C20H25ClN6O4. The van der Waals surface area contributed by atoms with Crippen LogP contribution >= 0.6 is 11.6 Å². The maximum atomic E-state index is 12.5. The molecule has 0 spiro atoms. The van der Waals surface area contributed by atoms with E-state index < -0.39 is 30.1 Å². The van der Waals surface area contributed by atoms with Gasteiger partial charge in [-0.25, -0.2) is 9.79 Å². The molecule has 0 aromatic heterocycles. The fourth-order valence-electron chi connectivity index (χ4n) is 4.14. The molecule has 1 N–H and O–H groups in total. The van der Waals surface area contributed by atoms with Crippen molar-refractivity contribution >= 4 is 41.0 Å². The minimum Gasteiger partial charge on any atom is -0.468 e. The van der Waals surface area contributed by atoms with Crippen LogP contribution in [0.2, 0.25) is 5.02 Å². The van der Waals surface area contributed by atoms with Gasteiger partial charge in [0.05, 0.1) is 13.7 Å². The molecule has 0 radical (unpaired) electrons. The highest BCUT2D eigenvalue weighted by molar-refractivity contribution is 6.30. The Hall–Kier alpha value is -2.85. The van der Waals surface area contributed by atoms with Gasteiger partial charge in [-0.05, 0) is 18.2 Å². The lowest BCUT2D eigenvalue weighted by Crippen LogP contribution is -2.64. The van der Waals surface area contributed by atoms with Crippen molar-refractivity contribution in [1.29, 1.82) is 0 Å². The summed E-state index contributed by atoms with van der Waals surface area (Å²) in [5.74, 6) is -0.318. The number of carbonyl (C=O) groups excluding carboxylic acids is 3. The van der Waals surface area contributed by atoms with E-state index in [-0.39, 0.29) is 6.54 Å². The van der Waals surface area contributed by atoms with E-state index in [9.17, 15) is 14.4 Å². The van der Waals surface area contributed by atoms with Gasteiger partial charge in [0.2, 0.25) is 0 Å². The van der Waals surface area contributed by atoms with Gasteiger partial charge < -0.3 is 19.4 Å². The van der Waals surface area contributed by atoms with Crippen LogP contribution in [0.4, 0.5) is 10.5 Å². The zero-order valence-corrected chi connectivity index (χ0v) is 18.2. The van der Waals surface area contributed by atoms with Crippen LogP contribution in [0.5, 0.6) is 0 Å². The minimum atomic E-state index is -0.746. The van der Waals surface area contributed by atoms with Gasteiger partial charge in [-0.15, -0.1) is 0 Å². The number of hydrogen-bond donors (Lipinski definition) is 1. The number of methoxy groups -OCH3 is 1. The first-order valence-corrected chi connectivity index (χ1v) is 10.5. The number of nitrogens with one attached hydrogen (secondary N) is 1. The molecule has 3 aliphatic rings. The van der Waals surface area contributed by atoms with E-state index in [4.69, 9.17) is 16.3 Å². The normalized spacial score (nSPS) is 24.1. The molecule has 2 unspecified atom stereocenters. The number of imide groups is 1. The second-order valence-electron chi connectivity index (χ2n) is 7.76. The van der Waals surface area contributed by atoms with Crippen LogP contribution in [0.3, 0.4) is 0 Å². The quantitative estimate of drug-likeness (QED) is 0.644. The standard InChI is InChI=1S/C20H25ClN6O4/c1-24-18-17(19(29)23-20(24)30)27(12-16(28)31-2)15(22-18)11-25-6-8-26(9-7-25)14-5-3-4-13(21)10-14/h3-5,10,17-18H,6-9,11-12H2,1-2H3,(H,23,29,30).